The van der Waals surface area contributed by atoms with E-state index < -0.39 is 0 Å². The summed E-state index contributed by atoms with van der Waals surface area (Å²) in [5.74, 6) is 1.67. The summed E-state index contributed by atoms with van der Waals surface area (Å²) >= 11 is 0. The summed E-state index contributed by atoms with van der Waals surface area (Å²) in [5.41, 5.74) is 7.94. The molecule has 29 heavy (non-hydrogen) atoms. The van der Waals surface area contributed by atoms with Crippen molar-refractivity contribution in [2.45, 2.75) is 32.0 Å². The molecule has 2 aliphatic rings. The fourth-order valence-corrected chi connectivity index (χ4v) is 3.77. The zero-order valence-electron chi connectivity index (χ0n) is 17.3. The molecule has 2 aliphatic heterocycles. The molecule has 2 saturated heterocycles. The van der Waals surface area contributed by atoms with E-state index in [1.165, 1.54) is 0 Å². The van der Waals surface area contributed by atoms with Crippen LogP contribution in [-0.2, 0) is 16.5 Å². The van der Waals surface area contributed by atoms with Crippen molar-refractivity contribution in [3.8, 4) is 5.75 Å². The molecule has 1 aromatic carbocycles. The maximum atomic E-state index is 8.73. The minimum Gasteiger partial charge on any atom is -0.482 e. The maximum absolute atomic E-state index is 8.73. The number of aryl methyl sites for hydroxylation is 1. The molecule has 1 atom stereocenters. The monoisotopic (exact) mass is 399 g/mol. The lowest BCUT2D eigenvalue weighted by molar-refractivity contribution is -0.162. The van der Waals surface area contributed by atoms with E-state index in [-0.39, 0.29) is 17.4 Å². The smallest absolute Gasteiger partial charge is 0.155 e. The molecule has 8 nitrogen and oxygen atoms in total. The molecule has 0 spiro atoms. The number of nitrogens with zero attached hydrogens (tertiary/aromatic N) is 3. The van der Waals surface area contributed by atoms with Crippen LogP contribution in [0.4, 0.5) is 11.5 Å². The van der Waals surface area contributed by atoms with E-state index in [0.29, 0.717) is 42.5 Å². The van der Waals surface area contributed by atoms with Crippen LogP contribution in [0.25, 0.3) is 0 Å². The summed E-state index contributed by atoms with van der Waals surface area (Å²) in [5, 5.41) is 13.3. The Balaban J connectivity index is 1.58. The zero-order chi connectivity index (χ0) is 20.6. The molecule has 8 heteroatoms. The summed E-state index contributed by atoms with van der Waals surface area (Å²) in [6.45, 7) is 7.62. The third kappa shape index (κ3) is 3.82. The highest BCUT2D eigenvalue weighted by Gasteiger charge is 2.39. The van der Waals surface area contributed by atoms with Crippen LogP contribution in [-0.4, -0.2) is 60.1 Å². The lowest BCUT2D eigenvalue weighted by atomic mass is 9.98. The van der Waals surface area contributed by atoms with Crippen LogP contribution in [0.5, 0.6) is 5.75 Å². The number of aromatic nitrogens is 2. The van der Waals surface area contributed by atoms with Gasteiger partial charge in [-0.05, 0) is 31.5 Å². The van der Waals surface area contributed by atoms with Crippen molar-refractivity contribution < 1.29 is 14.2 Å². The molecule has 156 valence electrons. The number of benzene rings is 1. The number of hydrogen-bond donors (Lipinski definition) is 2. The van der Waals surface area contributed by atoms with Crippen LogP contribution >= 0.6 is 0 Å². The van der Waals surface area contributed by atoms with E-state index in [2.05, 4.69) is 23.8 Å². The number of anilines is 2. The highest BCUT2D eigenvalue weighted by atomic mass is 16.6. The van der Waals surface area contributed by atoms with Crippen molar-refractivity contribution in [3.05, 3.63) is 35.5 Å². The van der Waals surface area contributed by atoms with Crippen molar-refractivity contribution in [1.82, 2.24) is 9.78 Å². The Kier molecular flexibility index (Phi) is 5.23. The number of hydrogen-bond acceptors (Lipinski definition) is 7. The summed E-state index contributed by atoms with van der Waals surface area (Å²) in [4.78, 5) is 2.24. The Bertz CT molecular complexity index is 900. The second-order valence-corrected chi connectivity index (χ2v) is 7.89. The quantitative estimate of drug-likeness (QED) is 0.571. The molecule has 0 saturated carbocycles. The van der Waals surface area contributed by atoms with Gasteiger partial charge in [0.1, 0.15) is 17.3 Å². The molecular formula is C21H29N5O3. The minimum absolute atomic E-state index is 0.174. The van der Waals surface area contributed by atoms with Gasteiger partial charge in [-0.25, -0.2) is 0 Å². The van der Waals surface area contributed by atoms with E-state index in [1.807, 2.05) is 29.9 Å². The first kappa shape index (κ1) is 19.7. The molecule has 0 bridgehead atoms. The molecule has 3 N–H and O–H groups in total. The number of rotatable bonds is 6. The van der Waals surface area contributed by atoms with Gasteiger partial charge in [0.05, 0.1) is 31.6 Å². The van der Waals surface area contributed by atoms with Crippen molar-refractivity contribution in [3.63, 3.8) is 0 Å². The predicted molar refractivity (Wildman–Crippen MR) is 112 cm³/mol. The number of nitrogen functional groups attached to an aromatic ring is 1. The van der Waals surface area contributed by atoms with Gasteiger partial charge in [0.25, 0.3) is 0 Å². The van der Waals surface area contributed by atoms with Gasteiger partial charge < -0.3 is 24.8 Å². The van der Waals surface area contributed by atoms with Crippen molar-refractivity contribution in [2.75, 3.05) is 43.5 Å². The average Bonchev–Trinajstić information content (AvgIpc) is 3.07. The molecule has 4 rings (SSSR count). The van der Waals surface area contributed by atoms with E-state index in [4.69, 9.17) is 25.4 Å². The average molecular weight is 399 g/mol. The first-order chi connectivity index (χ1) is 13.9. The van der Waals surface area contributed by atoms with E-state index in [0.717, 1.165) is 25.3 Å². The number of nitrogens with two attached hydrogens (primary N) is 1. The van der Waals surface area contributed by atoms with Crippen LogP contribution in [0.2, 0.25) is 0 Å². The second kappa shape index (κ2) is 7.68. The number of nitrogens with one attached hydrogen (secondary N) is 1. The lowest BCUT2D eigenvalue weighted by Gasteiger charge is -2.40. The van der Waals surface area contributed by atoms with Crippen molar-refractivity contribution in [1.29, 1.82) is 5.41 Å². The van der Waals surface area contributed by atoms with Crippen LogP contribution in [0.15, 0.2) is 24.3 Å². The fourth-order valence-electron chi connectivity index (χ4n) is 3.77. The minimum atomic E-state index is -0.277. The largest absolute Gasteiger partial charge is 0.482 e. The van der Waals surface area contributed by atoms with Gasteiger partial charge in [0.15, 0.2) is 5.60 Å². The Hall–Kier alpha value is -2.58. The van der Waals surface area contributed by atoms with Crippen LogP contribution in [0.1, 0.15) is 31.5 Å². The second-order valence-electron chi connectivity index (χ2n) is 7.89. The van der Waals surface area contributed by atoms with Crippen molar-refractivity contribution in [2.24, 2.45) is 7.05 Å². The molecule has 0 aliphatic carbocycles. The summed E-state index contributed by atoms with van der Waals surface area (Å²) in [6, 6.07) is 7.41. The fraction of sp³-hybridized carbons (Fsp3) is 0.524. The lowest BCUT2D eigenvalue weighted by Crippen LogP contribution is -2.53. The molecule has 2 fully saturated rings. The van der Waals surface area contributed by atoms with Gasteiger partial charge in [-0.2, -0.15) is 5.10 Å². The first-order valence-corrected chi connectivity index (χ1v) is 10.1. The Labute approximate surface area is 171 Å². The predicted octanol–water partition coefficient (Wildman–Crippen LogP) is 2.20. The molecule has 0 radical (unpaired) electrons. The summed E-state index contributed by atoms with van der Waals surface area (Å²) in [6.07, 6.45) is 1.04. The Morgan fingerprint density at radius 1 is 1.38 bits per heavy atom. The highest BCUT2D eigenvalue weighted by molar-refractivity contribution is 6.13. The van der Waals surface area contributed by atoms with Crippen LogP contribution in [0, 0.1) is 5.41 Å². The SMILES string of the molecule is CCC1(Oc2ccc(N)c(C(=N)c3cc(N4CCO[C@H](C)C4)n(C)n3)c2)COC1. The number of ether oxygens (including phenoxy) is 3. The van der Waals surface area contributed by atoms with Gasteiger partial charge in [0.2, 0.25) is 0 Å². The third-order valence-electron chi connectivity index (χ3n) is 5.68. The highest BCUT2D eigenvalue weighted by Crippen LogP contribution is 2.31. The summed E-state index contributed by atoms with van der Waals surface area (Å²) < 4.78 is 19.0. The standard InChI is InChI=1S/C21H29N5O3/c1-4-21(12-27-13-21)29-15-5-6-17(22)16(9-15)20(23)18-10-19(25(3)24-18)26-7-8-28-14(2)11-26/h5-6,9-10,14,23H,4,7-8,11-13,22H2,1-3H3/t14-/m1/s1. The molecular weight excluding hydrogens is 370 g/mol. The van der Waals surface area contributed by atoms with Gasteiger partial charge in [-0.3, -0.25) is 10.1 Å². The van der Waals surface area contributed by atoms with Gasteiger partial charge in [0, 0.05) is 37.5 Å². The third-order valence-corrected chi connectivity index (χ3v) is 5.68. The van der Waals surface area contributed by atoms with Crippen molar-refractivity contribution >= 4 is 17.2 Å². The topological polar surface area (TPSA) is 98.6 Å². The van der Waals surface area contributed by atoms with Crippen LogP contribution in [0.3, 0.4) is 0 Å². The normalized spacial score (nSPS) is 20.9. The van der Waals surface area contributed by atoms with Crippen LogP contribution < -0.4 is 15.4 Å². The summed E-state index contributed by atoms with van der Waals surface area (Å²) in [7, 11) is 1.90. The van der Waals surface area contributed by atoms with E-state index in [1.54, 1.807) is 6.07 Å². The van der Waals surface area contributed by atoms with Gasteiger partial charge in [-0.15, -0.1) is 0 Å². The Morgan fingerprint density at radius 2 is 2.17 bits per heavy atom. The molecule has 0 amide bonds. The van der Waals surface area contributed by atoms with E-state index >= 15 is 0 Å². The molecule has 1 aromatic heterocycles. The molecule has 0 unspecified atom stereocenters. The van der Waals surface area contributed by atoms with Gasteiger partial charge >= 0.3 is 0 Å². The zero-order valence-corrected chi connectivity index (χ0v) is 17.3. The Morgan fingerprint density at radius 3 is 2.83 bits per heavy atom. The number of morpholine rings is 1. The molecule has 3 heterocycles. The van der Waals surface area contributed by atoms with E-state index in [9.17, 15) is 0 Å². The molecule has 2 aromatic rings. The first-order valence-electron chi connectivity index (χ1n) is 10.1. The maximum Gasteiger partial charge on any atom is 0.155 e. The van der Waals surface area contributed by atoms with Gasteiger partial charge in [-0.1, -0.05) is 6.92 Å².